The summed E-state index contributed by atoms with van der Waals surface area (Å²) in [5.74, 6) is 0. The lowest BCUT2D eigenvalue weighted by Crippen LogP contribution is -2.47. The molecule has 2 aliphatic carbocycles. The van der Waals surface area contributed by atoms with Crippen LogP contribution in [-0.4, -0.2) is 36.6 Å². The summed E-state index contributed by atoms with van der Waals surface area (Å²) >= 11 is 0. The van der Waals surface area contributed by atoms with E-state index in [9.17, 15) is 0 Å². The molecule has 0 amide bonds. The predicted octanol–water partition coefficient (Wildman–Crippen LogP) is 3.73. The molecular weight excluding hydrogens is 232 g/mol. The van der Waals surface area contributed by atoms with Crippen molar-refractivity contribution in [2.45, 2.75) is 76.3 Å². The Morgan fingerprint density at radius 1 is 0.895 bits per heavy atom. The molecule has 0 atom stereocenters. The lowest BCUT2D eigenvalue weighted by Gasteiger charge is -2.41. The Kier molecular flexibility index (Phi) is 6.94. The second-order valence-corrected chi connectivity index (χ2v) is 6.31. The van der Waals surface area contributed by atoms with Crippen LogP contribution >= 0.6 is 0 Å². The van der Waals surface area contributed by atoms with Crippen molar-refractivity contribution in [3.8, 4) is 0 Å². The number of rotatable bonds is 7. The largest absolute Gasteiger partial charge is 0.312 e. The van der Waals surface area contributed by atoms with Crippen LogP contribution in [0.15, 0.2) is 12.7 Å². The van der Waals surface area contributed by atoms with Crippen LogP contribution in [0.4, 0.5) is 0 Å². The van der Waals surface area contributed by atoms with Crippen molar-refractivity contribution in [3.63, 3.8) is 0 Å². The summed E-state index contributed by atoms with van der Waals surface area (Å²) in [4.78, 5) is 2.87. The highest BCUT2D eigenvalue weighted by atomic mass is 15.2. The zero-order valence-corrected chi connectivity index (χ0v) is 12.6. The van der Waals surface area contributed by atoms with Crippen molar-refractivity contribution in [3.05, 3.63) is 12.7 Å². The molecule has 0 radical (unpaired) electrons. The van der Waals surface area contributed by atoms with Crippen LogP contribution in [0.25, 0.3) is 0 Å². The van der Waals surface area contributed by atoms with Gasteiger partial charge in [-0.25, -0.2) is 0 Å². The molecule has 0 bridgehead atoms. The molecule has 2 saturated carbocycles. The maximum absolute atomic E-state index is 3.78. The quantitative estimate of drug-likeness (QED) is 0.557. The van der Waals surface area contributed by atoms with Crippen LogP contribution in [0.2, 0.25) is 0 Å². The molecule has 2 fully saturated rings. The molecule has 0 aromatic carbocycles. The fourth-order valence-electron chi connectivity index (χ4n) is 3.90. The van der Waals surface area contributed by atoms with Gasteiger partial charge in [-0.15, -0.1) is 6.58 Å². The molecule has 2 rings (SSSR count). The minimum absolute atomic E-state index is 0.877. The molecule has 0 aromatic rings. The first-order valence-corrected chi connectivity index (χ1v) is 8.49. The summed E-state index contributed by atoms with van der Waals surface area (Å²) in [6.45, 7) is 7.09. The Morgan fingerprint density at radius 3 is 1.89 bits per heavy atom. The fourth-order valence-corrected chi connectivity index (χ4v) is 3.90. The average Bonchev–Trinajstić information content (AvgIpc) is 2.49. The lowest BCUT2D eigenvalue weighted by molar-refractivity contribution is 0.0821. The second kappa shape index (κ2) is 8.76. The molecule has 0 unspecified atom stereocenters. The van der Waals surface area contributed by atoms with Crippen LogP contribution < -0.4 is 5.32 Å². The van der Waals surface area contributed by atoms with Crippen molar-refractivity contribution in [1.29, 1.82) is 0 Å². The summed E-state index contributed by atoms with van der Waals surface area (Å²) < 4.78 is 0. The van der Waals surface area contributed by atoms with Crippen LogP contribution in [0.5, 0.6) is 0 Å². The van der Waals surface area contributed by atoms with Gasteiger partial charge in [-0.3, -0.25) is 4.90 Å². The van der Waals surface area contributed by atoms with E-state index in [1.165, 1.54) is 70.8 Å². The van der Waals surface area contributed by atoms with E-state index in [1.54, 1.807) is 0 Å². The van der Waals surface area contributed by atoms with Gasteiger partial charge in [0.15, 0.2) is 0 Å². The third kappa shape index (κ3) is 4.92. The van der Waals surface area contributed by atoms with E-state index >= 15 is 0 Å². The van der Waals surface area contributed by atoms with E-state index in [0.29, 0.717) is 0 Å². The summed E-state index contributed by atoms with van der Waals surface area (Å²) in [7, 11) is 0. The van der Waals surface area contributed by atoms with Gasteiger partial charge in [-0.2, -0.15) is 0 Å². The highest BCUT2D eigenvalue weighted by molar-refractivity contribution is 4.84. The summed E-state index contributed by atoms with van der Waals surface area (Å²) in [6.07, 6.45) is 16.5. The van der Waals surface area contributed by atoms with E-state index in [2.05, 4.69) is 16.8 Å². The number of hydrogen-bond acceptors (Lipinski definition) is 2. The first kappa shape index (κ1) is 15.1. The Morgan fingerprint density at radius 2 is 1.42 bits per heavy atom. The standard InChI is InChI=1S/C17H32N2/c1-2-13-18-14-15-19(16-9-5-3-6-10-16)17-11-7-4-8-12-17/h2,16-18H,1,3-15H2. The Balaban J connectivity index is 1.84. The zero-order valence-electron chi connectivity index (χ0n) is 12.6. The average molecular weight is 264 g/mol. The van der Waals surface area contributed by atoms with Gasteiger partial charge in [0.1, 0.15) is 0 Å². The summed E-state index contributed by atoms with van der Waals surface area (Å²) in [5.41, 5.74) is 0. The van der Waals surface area contributed by atoms with Crippen LogP contribution in [0.3, 0.4) is 0 Å². The molecule has 19 heavy (non-hydrogen) atoms. The summed E-state index contributed by atoms with van der Waals surface area (Å²) in [6, 6.07) is 1.75. The maximum atomic E-state index is 3.78. The molecule has 1 N–H and O–H groups in total. The second-order valence-electron chi connectivity index (χ2n) is 6.31. The predicted molar refractivity (Wildman–Crippen MR) is 83.5 cm³/mol. The van der Waals surface area contributed by atoms with Gasteiger partial charge in [0.2, 0.25) is 0 Å². The molecule has 2 heteroatoms. The van der Waals surface area contributed by atoms with Gasteiger partial charge in [-0.1, -0.05) is 44.6 Å². The smallest absolute Gasteiger partial charge is 0.0132 e. The number of nitrogens with zero attached hydrogens (tertiary/aromatic N) is 1. The van der Waals surface area contributed by atoms with Gasteiger partial charge in [0.25, 0.3) is 0 Å². The molecule has 2 aliphatic rings. The van der Waals surface area contributed by atoms with Crippen LogP contribution in [0.1, 0.15) is 64.2 Å². The van der Waals surface area contributed by atoms with E-state index in [1.807, 2.05) is 6.08 Å². The van der Waals surface area contributed by atoms with Gasteiger partial charge in [-0.05, 0) is 25.7 Å². The monoisotopic (exact) mass is 264 g/mol. The molecule has 0 saturated heterocycles. The SMILES string of the molecule is C=CCNCCN(C1CCCCC1)C1CCCCC1. The first-order valence-electron chi connectivity index (χ1n) is 8.49. The third-order valence-corrected chi connectivity index (χ3v) is 4.92. The first-order chi connectivity index (χ1) is 9.42. The highest BCUT2D eigenvalue weighted by Crippen LogP contribution is 2.29. The minimum atomic E-state index is 0.877. The normalized spacial score (nSPS) is 22.8. The van der Waals surface area contributed by atoms with Crippen molar-refractivity contribution >= 4 is 0 Å². The van der Waals surface area contributed by atoms with Gasteiger partial charge < -0.3 is 5.32 Å². The van der Waals surface area contributed by atoms with E-state index in [0.717, 1.165) is 25.2 Å². The van der Waals surface area contributed by atoms with Crippen molar-refractivity contribution in [2.75, 3.05) is 19.6 Å². The third-order valence-electron chi connectivity index (χ3n) is 4.92. The molecule has 0 spiro atoms. The van der Waals surface area contributed by atoms with E-state index in [-0.39, 0.29) is 0 Å². The van der Waals surface area contributed by atoms with Gasteiger partial charge >= 0.3 is 0 Å². The molecule has 110 valence electrons. The van der Waals surface area contributed by atoms with Crippen LogP contribution in [-0.2, 0) is 0 Å². The van der Waals surface area contributed by atoms with Gasteiger partial charge in [0, 0.05) is 31.7 Å². The Bertz CT molecular complexity index is 222. The Hall–Kier alpha value is -0.340. The van der Waals surface area contributed by atoms with Crippen LogP contribution in [0, 0.1) is 0 Å². The zero-order chi connectivity index (χ0) is 13.3. The number of hydrogen-bond donors (Lipinski definition) is 1. The molecular formula is C17H32N2. The topological polar surface area (TPSA) is 15.3 Å². The molecule has 0 aromatic heterocycles. The van der Waals surface area contributed by atoms with Gasteiger partial charge in [0.05, 0.1) is 0 Å². The van der Waals surface area contributed by atoms with Crippen molar-refractivity contribution in [2.24, 2.45) is 0 Å². The minimum Gasteiger partial charge on any atom is -0.312 e. The molecule has 0 aliphatic heterocycles. The maximum Gasteiger partial charge on any atom is 0.0132 e. The summed E-state index contributed by atoms with van der Waals surface area (Å²) in [5, 5.41) is 3.48. The van der Waals surface area contributed by atoms with Crippen molar-refractivity contribution in [1.82, 2.24) is 10.2 Å². The molecule has 0 heterocycles. The van der Waals surface area contributed by atoms with E-state index < -0.39 is 0 Å². The lowest BCUT2D eigenvalue weighted by atomic mass is 9.88. The van der Waals surface area contributed by atoms with E-state index in [4.69, 9.17) is 0 Å². The molecule has 2 nitrogen and oxygen atoms in total. The number of nitrogens with one attached hydrogen (secondary N) is 1. The Labute approximate surface area is 119 Å². The highest BCUT2D eigenvalue weighted by Gasteiger charge is 2.28. The fraction of sp³-hybridized carbons (Fsp3) is 0.882. The van der Waals surface area contributed by atoms with Crippen molar-refractivity contribution < 1.29 is 0 Å².